The van der Waals surface area contributed by atoms with Gasteiger partial charge in [0.15, 0.2) is 0 Å². The van der Waals surface area contributed by atoms with Gasteiger partial charge in [-0.1, -0.05) is 13.8 Å². The first kappa shape index (κ1) is 13.1. The molecule has 16 heavy (non-hydrogen) atoms. The quantitative estimate of drug-likeness (QED) is 0.547. The van der Waals surface area contributed by atoms with E-state index in [2.05, 4.69) is 11.2 Å². The Kier molecular flexibility index (Phi) is 4.37. The predicted molar refractivity (Wildman–Crippen MR) is 63.6 cm³/mol. The number of hydrogen-bond donors (Lipinski definition) is 2. The van der Waals surface area contributed by atoms with Crippen molar-refractivity contribution in [1.29, 1.82) is 0 Å². The molecule has 1 fully saturated rings. The van der Waals surface area contributed by atoms with Crippen molar-refractivity contribution in [2.75, 3.05) is 0 Å². The second-order valence-corrected chi connectivity index (χ2v) is 5.10. The normalized spacial score (nSPS) is 26.6. The highest BCUT2D eigenvalue weighted by atomic mass is 16.3. The molecule has 0 saturated heterocycles. The molecule has 3 nitrogen and oxygen atoms in total. The molecule has 0 radical (unpaired) electrons. The Labute approximate surface area is 97.6 Å². The summed E-state index contributed by atoms with van der Waals surface area (Å²) in [5.74, 6) is 2.63. The molecule has 1 saturated carbocycles. The van der Waals surface area contributed by atoms with Crippen LogP contribution in [0.4, 0.5) is 0 Å². The molecule has 1 amide bonds. The van der Waals surface area contributed by atoms with Crippen molar-refractivity contribution < 1.29 is 9.90 Å². The van der Waals surface area contributed by atoms with Gasteiger partial charge in [0.1, 0.15) is 0 Å². The van der Waals surface area contributed by atoms with E-state index in [0.29, 0.717) is 12.8 Å². The van der Waals surface area contributed by atoms with E-state index in [0.717, 1.165) is 19.3 Å². The number of nitrogens with one attached hydrogen (secondary N) is 1. The number of aliphatic hydroxyl groups excluding tert-OH is 1. The molecule has 0 heterocycles. The first-order chi connectivity index (χ1) is 7.48. The number of terminal acetylenes is 1. The zero-order valence-corrected chi connectivity index (χ0v) is 10.1. The highest BCUT2D eigenvalue weighted by Crippen LogP contribution is 2.40. The molecule has 90 valence electrons. The fourth-order valence-electron chi connectivity index (χ4n) is 1.93. The van der Waals surface area contributed by atoms with Crippen LogP contribution >= 0.6 is 0 Å². The van der Waals surface area contributed by atoms with Gasteiger partial charge in [-0.05, 0) is 19.3 Å². The van der Waals surface area contributed by atoms with Gasteiger partial charge >= 0.3 is 0 Å². The van der Waals surface area contributed by atoms with Crippen LogP contribution in [0.15, 0.2) is 0 Å². The second kappa shape index (κ2) is 5.36. The fraction of sp³-hybridized carbons (Fsp3) is 0.769. The molecule has 0 aromatic heterocycles. The summed E-state index contributed by atoms with van der Waals surface area (Å²) >= 11 is 0. The van der Waals surface area contributed by atoms with Crippen LogP contribution in [0.2, 0.25) is 0 Å². The first-order valence-electron chi connectivity index (χ1n) is 5.89. The third-order valence-electron chi connectivity index (χ3n) is 3.53. The molecule has 0 aliphatic heterocycles. The Morgan fingerprint density at radius 3 is 2.75 bits per heavy atom. The number of carbonyl (C=O) groups is 1. The van der Waals surface area contributed by atoms with Crippen molar-refractivity contribution in [3.63, 3.8) is 0 Å². The minimum Gasteiger partial charge on any atom is -0.392 e. The lowest BCUT2D eigenvalue weighted by Gasteiger charge is -2.49. The van der Waals surface area contributed by atoms with Crippen molar-refractivity contribution >= 4 is 5.91 Å². The van der Waals surface area contributed by atoms with Gasteiger partial charge < -0.3 is 10.4 Å². The summed E-state index contributed by atoms with van der Waals surface area (Å²) in [5.41, 5.74) is -0.186. The lowest BCUT2D eigenvalue weighted by Crippen LogP contribution is -2.61. The minimum absolute atomic E-state index is 0.0713. The van der Waals surface area contributed by atoms with E-state index in [1.807, 2.05) is 13.8 Å². The summed E-state index contributed by atoms with van der Waals surface area (Å²) in [6.45, 7) is 3.95. The molecule has 2 atom stereocenters. The zero-order valence-electron chi connectivity index (χ0n) is 10.1. The Morgan fingerprint density at radius 1 is 1.56 bits per heavy atom. The lowest BCUT2D eigenvalue weighted by atomic mass is 9.64. The molecule has 0 aromatic rings. The summed E-state index contributed by atoms with van der Waals surface area (Å²) in [6, 6.07) is 0.114. The lowest BCUT2D eigenvalue weighted by molar-refractivity contribution is -0.129. The second-order valence-electron chi connectivity index (χ2n) is 5.10. The third kappa shape index (κ3) is 2.99. The predicted octanol–water partition coefficient (Wildman–Crippen LogP) is 1.46. The molecule has 1 aliphatic rings. The fourth-order valence-corrected chi connectivity index (χ4v) is 1.93. The van der Waals surface area contributed by atoms with Crippen LogP contribution in [0, 0.1) is 17.8 Å². The maximum Gasteiger partial charge on any atom is 0.220 e. The van der Waals surface area contributed by atoms with Crippen molar-refractivity contribution in [1.82, 2.24) is 5.32 Å². The summed E-state index contributed by atoms with van der Waals surface area (Å²) in [5, 5.41) is 12.5. The Hall–Kier alpha value is -1.01. The number of rotatable bonds is 5. The largest absolute Gasteiger partial charge is 0.392 e. The van der Waals surface area contributed by atoms with Gasteiger partial charge in [-0.3, -0.25) is 4.79 Å². The summed E-state index contributed by atoms with van der Waals surface area (Å²) in [4.78, 5) is 11.6. The van der Waals surface area contributed by atoms with Crippen molar-refractivity contribution in [2.45, 2.75) is 58.1 Å². The van der Waals surface area contributed by atoms with Gasteiger partial charge in [0.25, 0.3) is 0 Å². The van der Waals surface area contributed by atoms with Crippen LogP contribution in [-0.2, 0) is 4.79 Å². The smallest absolute Gasteiger partial charge is 0.220 e. The van der Waals surface area contributed by atoms with Crippen LogP contribution in [0.5, 0.6) is 0 Å². The molecule has 0 bridgehead atoms. The zero-order chi connectivity index (χ0) is 12.2. The molecule has 0 spiro atoms. The van der Waals surface area contributed by atoms with E-state index < -0.39 is 0 Å². The average Bonchev–Trinajstić information content (AvgIpc) is 2.24. The molecule has 0 aromatic carbocycles. The topological polar surface area (TPSA) is 49.3 Å². The Balaban J connectivity index is 2.19. The van der Waals surface area contributed by atoms with E-state index in [4.69, 9.17) is 6.42 Å². The molecular weight excluding hydrogens is 202 g/mol. The van der Waals surface area contributed by atoms with Gasteiger partial charge in [-0.2, -0.15) is 0 Å². The molecule has 1 aliphatic carbocycles. The number of carbonyl (C=O) groups excluding carboxylic acids is 1. The van der Waals surface area contributed by atoms with Gasteiger partial charge in [0.2, 0.25) is 5.91 Å². The molecule has 2 unspecified atom stereocenters. The minimum atomic E-state index is -0.292. The van der Waals surface area contributed by atoms with Gasteiger partial charge in [-0.15, -0.1) is 12.3 Å². The van der Waals surface area contributed by atoms with Crippen LogP contribution in [0.1, 0.15) is 46.0 Å². The Bertz CT molecular complexity index is 291. The molecular formula is C13H21NO2. The van der Waals surface area contributed by atoms with Gasteiger partial charge in [0.05, 0.1) is 6.10 Å². The molecule has 1 rings (SSSR count). The van der Waals surface area contributed by atoms with Crippen molar-refractivity contribution in [3.05, 3.63) is 0 Å². The summed E-state index contributed by atoms with van der Waals surface area (Å²) < 4.78 is 0. The molecule has 2 N–H and O–H groups in total. The van der Waals surface area contributed by atoms with Crippen LogP contribution in [-0.4, -0.2) is 23.2 Å². The summed E-state index contributed by atoms with van der Waals surface area (Å²) in [7, 11) is 0. The van der Waals surface area contributed by atoms with Crippen molar-refractivity contribution in [3.8, 4) is 12.3 Å². The maximum atomic E-state index is 11.6. The highest BCUT2D eigenvalue weighted by molar-refractivity contribution is 5.76. The number of hydrogen-bond acceptors (Lipinski definition) is 2. The number of aliphatic hydroxyl groups is 1. The van der Waals surface area contributed by atoms with Gasteiger partial charge in [-0.25, -0.2) is 0 Å². The van der Waals surface area contributed by atoms with Crippen molar-refractivity contribution in [2.24, 2.45) is 5.41 Å². The molecule has 3 heteroatoms. The average molecular weight is 223 g/mol. The standard InChI is InChI=1S/C13H21NO2/c1-4-5-6-7-8-12(16)14-10-9-11(15)13(10,2)3/h1,10-11,15H,5-9H2,2-3H3,(H,14,16). The SMILES string of the molecule is C#CCCCCC(=O)NC1CC(O)C1(C)C. The Morgan fingerprint density at radius 2 is 2.25 bits per heavy atom. The van der Waals surface area contributed by atoms with Crippen LogP contribution < -0.4 is 5.32 Å². The van der Waals surface area contributed by atoms with E-state index in [1.165, 1.54) is 0 Å². The summed E-state index contributed by atoms with van der Waals surface area (Å²) in [6.07, 6.45) is 8.52. The van der Waals surface area contributed by atoms with Gasteiger partial charge in [0, 0.05) is 24.3 Å². The van der Waals surface area contributed by atoms with Crippen LogP contribution in [0.25, 0.3) is 0 Å². The van der Waals surface area contributed by atoms with E-state index >= 15 is 0 Å². The first-order valence-corrected chi connectivity index (χ1v) is 5.89. The van der Waals surface area contributed by atoms with E-state index in [9.17, 15) is 9.90 Å². The van der Waals surface area contributed by atoms with Crippen LogP contribution in [0.3, 0.4) is 0 Å². The number of amides is 1. The third-order valence-corrected chi connectivity index (χ3v) is 3.53. The highest BCUT2D eigenvalue weighted by Gasteiger charge is 2.47. The number of unbranched alkanes of at least 4 members (excludes halogenated alkanes) is 2. The maximum absolute atomic E-state index is 11.6. The van der Waals surface area contributed by atoms with E-state index in [1.54, 1.807) is 0 Å². The van der Waals surface area contributed by atoms with E-state index in [-0.39, 0.29) is 23.5 Å². The monoisotopic (exact) mass is 223 g/mol.